The summed E-state index contributed by atoms with van der Waals surface area (Å²) >= 11 is 0. The van der Waals surface area contributed by atoms with E-state index in [1.165, 1.54) is 10.9 Å². The van der Waals surface area contributed by atoms with Crippen molar-refractivity contribution in [3.8, 4) is 11.6 Å². The molecule has 0 spiro atoms. The molecule has 8 nitrogen and oxygen atoms in total. The summed E-state index contributed by atoms with van der Waals surface area (Å²) < 4.78 is 7.60. The molecule has 4 rings (SSSR count). The Balaban J connectivity index is 1.24. The van der Waals surface area contributed by atoms with Gasteiger partial charge in [0.25, 0.3) is 0 Å². The second kappa shape index (κ2) is 9.78. The Morgan fingerprint density at radius 1 is 1.17 bits per heavy atom. The molecule has 3 aromatic heterocycles. The summed E-state index contributed by atoms with van der Waals surface area (Å²) in [4.78, 5) is 9.15. The number of furan rings is 1. The lowest BCUT2D eigenvalue weighted by atomic mass is 10.2. The molecule has 0 amide bonds. The number of aryl methyl sites for hydroxylation is 1. The summed E-state index contributed by atoms with van der Waals surface area (Å²) in [5.74, 6) is 2.87. The molecular weight excluding hydrogens is 378 g/mol. The van der Waals surface area contributed by atoms with Crippen LogP contribution in [0.2, 0.25) is 0 Å². The number of rotatable bonds is 9. The summed E-state index contributed by atoms with van der Waals surface area (Å²) in [5, 5.41) is 15.1. The third-order valence-electron chi connectivity index (χ3n) is 4.78. The highest BCUT2D eigenvalue weighted by atomic mass is 16.3. The Bertz CT molecular complexity index is 1080. The Kier molecular flexibility index (Phi) is 6.44. The lowest BCUT2D eigenvalue weighted by Gasteiger charge is -2.11. The fourth-order valence-electron chi connectivity index (χ4n) is 3.33. The van der Waals surface area contributed by atoms with E-state index in [-0.39, 0.29) is 0 Å². The number of H-pyrrole nitrogens is 1. The molecule has 0 fully saturated rings. The summed E-state index contributed by atoms with van der Waals surface area (Å²) in [5.41, 5.74) is 1.27. The molecular formula is C22H27N7O. The largest absolute Gasteiger partial charge is 0.461 e. The van der Waals surface area contributed by atoms with Crippen molar-refractivity contribution in [1.82, 2.24) is 30.4 Å². The zero-order valence-electron chi connectivity index (χ0n) is 17.1. The topological polar surface area (TPSA) is 96.1 Å². The number of benzene rings is 1. The SMILES string of the molecule is CCNC(=NCCCn1ccc2ccccc21)NCCc1nc(-c2ccco2)n[nH]1. The number of aromatic nitrogens is 4. The molecule has 4 aromatic rings. The van der Waals surface area contributed by atoms with Crippen LogP contribution in [0.15, 0.2) is 64.3 Å². The number of fused-ring (bicyclic) bond motifs is 1. The highest BCUT2D eigenvalue weighted by Crippen LogP contribution is 2.15. The van der Waals surface area contributed by atoms with Gasteiger partial charge in [-0.1, -0.05) is 18.2 Å². The number of nitrogens with zero attached hydrogens (tertiary/aromatic N) is 4. The van der Waals surface area contributed by atoms with Crippen molar-refractivity contribution >= 4 is 16.9 Å². The standard InChI is InChI=1S/C22H27N7O/c1-2-23-22(24-12-6-14-29-15-11-17-7-3-4-8-18(17)29)25-13-10-20-26-21(28-27-20)19-9-5-16-30-19/h3-5,7-9,11,15-16H,2,6,10,12-14H2,1H3,(H2,23,24,25)(H,26,27,28). The first-order chi connectivity index (χ1) is 14.8. The van der Waals surface area contributed by atoms with Gasteiger partial charge in [0.15, 0.2) is 11.7 Å². The number of nitrogens with one attached hydrogen (secondary N) is 3. The van der Waals surface area contributed by atoms with Gasteiger partial charge in [-0.3, -0.25) is 10.1 Å². The van der Waals surface area contributed by atoms with E-state index < -0.39 is 0 Å². The van der Waals surface area contributed by atoms with Crippen molar-refractivity contribution in [2.75, 3.05) is 19.6 Å². The molecule has 156 valence electrons. The van der Waals surface area contributed by atoms with Gasteiger partial charge in [0.2, 0.25) is 5.82 Å². The molecule has 0 saturated carbocycles. The molecule has 0 aliphatic rings. The van der Waals surface area contributed by atoms with Gasteiger partial charge in [-0.25, -0.2) is 4.98 Å². The minimum absolute atomic E-state index is 0.577. The molecule has 1 aromatic carbocycles. The lowest BCUT2D eigenvalue weighted by molar-refractivity contribution is 0.577. The first-order valence-electron chi connectivity index (χ1n) is 10.3. The Hall–Kier alpha value is -3.55. The van der Waals surface area contributed by atoms with E-state index in [4.69, 9.17) is 4.42 Å². The van der Waals surface area contributed by atoms with Crippen LogP contribution in [0.4, 0.5) is 0 Å². The van der Waals surface area contributed by atoms with Gasteiger partial charge in [-0.15, -0.1) is 0 Å². The predicted octanol–water partition coefficient (Wildman–Crippen LogP) is 3.21. The van der Waals surface area contributed by atoms with Gasteiger partial charge in [0.1, 0.15) is 5.82 Å². The van der Waals surface area contributed by atoms with Crippen molar-refractivity contribution in [2.45, 2.75) is 26.3 Å². The van der Waals surface area contributed by atoms with E-state index in [2.05, 4.69) is 78.8 Å². The first kappa shape index (κ1) is 19.8. The van der Waals surface area contributed by atoms with E-state index in [0.29, 0.717) is 24.6 Å². The van der Waals surface area contributed by atoms with Gasteiger partial charge in [0, 0.05) is 44.3 Å². The zero-order chi connectivity index (χ0) is 20.6. The third kappa shape index (κ3) is 4.89. The zero-order valence-corrected chi connectivity index (χ0v) is 17.1. The van der Waals surface area contributed by atoms with E-state index >= 15 is 0 Å². The van der Waals surface area contributed by atoms with E-state index in [0.717, 1.165) is 37.8 Å². The summed E-state index contributed by atoms with van der Waals surface area (Å²) in [7, 11) is 0. The van der Waals surface area contributed by atoms with Crippen LogP contribution in [0.3, 0.4) is 0 Å². The molecule has 3 heterocycles. The number of hydrogen-bond donors (Lipinski definition) is 3. The van der Waals surface area contributed by atoms with E-state index in [9.17, 15) is 0 Å². The van der Waals surface area contributed by atoms with Crippen molar-refractivity contribution in [3.63, 3.8) is 0 Å². The molecule has 0 atom stereocenters. The van der Waals surface area contributed by atoms with Crippen molar-refractivity contribution in [2.24, 2.45) is 4.99 Å². The fourth-order valence-corrected chi connectivity index (χ4v) is 3.33. The molecule has 0 radical (unpaired) electrons. The van der Waals surface area contributed by atoms with Crippen LogP contribution in [0.25, 0.3) is 22.5 Å². The van der Waals surface area contributed by atoms with Crippen LogP contribution < -0.4 is 10.6 Å². The highest BCUT2D eigenvalue weighted by Gasteiger charge is 2.08. The smallest absolute Gasteiger partial charge is 0.216 e. The molecule has 0 unspecified atom stereocenters. The van der Waals surface area contributed by atoms with Gasteiger partial charge < -0.3 is 19.6 Å². The second-order valence-electron chi connectivity index (χ2n) is 6.94. The van der Waals surface area contributed by atoms with Gasteiger partial charge in [-0.2, -0.15) is 5.10 Å². The van der Waals surface area contributed by atoms with Crippen molar-refractivity contribution in [1.29, 1.82) is 0 Å². The fraction of sp³-hybridized carbons (Fsp3) is 0.318. The normalized spacial score (nSPS) is 11.8. The number of para-hydroxylation sites is 1. The highest BCUT2D eigenvalue weighted by molar-refractivity contribution is 5.80. The number of guanidine groups is 1. The minimum atomic E-state index is 0.577. The second-order valence-corrected chi connectivity index (χ2v) is 6.94. The average Bonchev–Trinajstić information content (AvgIpc) is 3.52. The summed E-state index contributed by atoms with van der Waals surface area (Å²) in [6, 6.07) is 14.3. The van der Waals surface area contributed by atoms with Gasteiger partial charge in [-0.05, 0) is 43.0 Å². The minimum Gasteiger partial charge on any atom is -0.461 e. The monoisotopic (exact) mass is 405 g/mol. The maximum absolute atomic E-state index is 5.32. The van der Waals surface area contributed by atoms with Crippen LogP contribution in [0, 0.1) is 0 Å². The maximum Gasteiger partial charge on any atom is 0.216 e. The summed E-state index contributed by atoms with van der Waals surface area (Å²) in [6.07, 6.45) is 5.45. The number of aliphatic imine (C=N–C) groups is 1. The Morgan fingerprint density at radius 2 is 2.10 bits per heavy atom. The van der Waals surface area contributed by atoms with E-state index in [1.54, 1.807) is 6.26 Å². The molecule has 0 aliphatic heterocycles. The summed E-state index contributed by atoms with van der Waals surface area (Å²) in [6.45, 7) is 5.30. The molecule has 0 saturated heterocycles. The Morgan fingerprint density at radius 3 is 2.97 bits per heavy atom. The van der Waals surface area contributed by atoms with Gasteiger partial charge in [0.05, 0.1) is 6.26 Å². The van der Waals surface area contributed by atoms with Crippen LogP contribution in [-0.2, 0) is 13.0 Å². The molecule has 0 aliphatic carbocycles. The van der Waals surface area contributed by atoms with Crippen molar-refractivity contribution < 1.29 is 4.42 Å². The van der Waals surface area contributed by atoms with Crippen LogP contribution in [0.1, 0.15) is 19.2 Å². The van der Waals surface area contributed by atoms with Crippen LogP contribution in [0.5, 0.6) is 0 Å². The molecule has 8 heteroatoms. The Labute approximate surface area is 175 Å². The van der Waals surface area contributed by atoms with Crippen molar-refractivity contribution in [3.05, 3.63) is 60.7 Å². The van der Waals surface area contributed by atoms with Crippen LogP contribution in [-0.4, -0.2) is 45.3 Å². The number of aromatic amines is 1. The first-order valence-corrected chi connectivity index (χ1v) is 10.3. The quantitative estimate of drug-likeness (QED) is 0.226. The van der Waals surface area contributed by atoms with Crippen LogP contribution >= 0.6 is 0 Å². The molecule has 3 N–H and O–H groups in total. The number of hydrogen-bond acceptors (Lipinski definition) is 4. The lowest BCUT2D eigenvalue weighted by Crippen LogP contribution is -2.38. The van der Waals surface area contributed by atoms with Gasteiger partial charge >= 0.3 is 0 Å². The van der Waals surface area contributed by atoms with E-state index in [1.807, 2.05) is 12.1 Å². The maximum atomic E-state index is 5.32. The third-order valence-corrected chi connectivity index (χ3v) is 4.78. The average molecular weight is 406 g/mol. The molecule has 30 heavy (non-hydrogen) atoms. The predicted molar refractivity (Wildman–Crippen MR) is 118 cm³/mol. The molecule has 0 bridgehead atoms.